The quantitative estimate of drug-likeness (QED) is 0.233. The van der Waals surface area contributed by atoms with Crippen molar-refractivity contribution in [2.24, 2.45) is 5.92 Å². The number of morpholine rings is 1. The maximum absolute atomic E-state index is 12.6. The van der Waals surface area contributed by atoms with Crippen molar-refractivity contribution < 1.29 is 4.74 Å². The van der Waals surface area contributed by atoms with Crippen LogP contribution in [0.3, 0.4) is 0 Å². The van der Waals surface area contributed by atoms with Gasteiger partial charge in [-0.1, -0.05) is 55.6 Å². The van der Waals surface area contributed by atoms with Gasteiger partial charge in [0.15, 0.2) is 0 Å². The number of benzene rings is 2. The lowest BCUT2D eigenvalue weighted by Gasteiger charge is -2.29. The molecule has 2 aromatic heterocycles. The normalized spacial score (nSPS) is 15.5. The first-order valence-corrected chi connectivity index (χ1v) is 15.0. The van der Waals surface area contributed by atoms with Crippen molar-refractivity contribution in [2.45, 2.75) is 46.4 Å². The summed E-state index contributed by atoms with van der Waals surface area (Å²) in [5.41, 5.74) is 6.07. The molecular formula is C31H32N4O2S2. The number of hydrogen-bond donors (Lipinski definition) is 2. The summed E-state index contributed by atoms with van der Waals surface area (Å²) in [6.07, 6.45) is 1.93. The molecule has 39 heavy (non-hydrogen) atoms. The highest BCUT2D eigenvalue weighted by Crippen LogP contribution is 2.52. The highest BCUT2D eigenvalue weighted by atomic mass is 32.2. The van der Waals surface area contributed by atoms with Gasteiger partial charge in [0.25, 0.3) is 0 Å². The van der Waals surface area contributed by atoms with Crippen LogP contribution in [0.2, 0.25) is 0 Å². The second-order valence-electron chi connectivity index (χ2n) is 10.3. The van der Waals surface area contributed by atoms with Gasteiger partial charge in [-0.2, -0.15) is 0 Å². The van der Waals surface area contributed by atoms with E-state index in [1.54, 1.807) is 29.6 Å². The van der Waals surface area contributed by atoms with Crippen molar-refractivity contribution in [1.82, 2.24) is 9.97 Å². The van der Waals surface area contributed by atoms with E-state index in [1.807, 2.05) is 6.20 Å². The Labute approximate surface area is 237 Å². The molecule has 2 aliphatic rings. The zero-order valence-electron chi connectivity index (χ0n) is 22.4. The van der Waals surface area contributed by atoms with Crippen molar-refractivity contribution in [3.8, 4) is 11.3 Å². The van der Waals surface area contributed by atoms with Gasteiger partial charge in [-0.25, -0.2) is 0 Å². The van der Waals surface area contributed by atoms with Crippen LogP contribution in [-0.2, 0) is 4.74 Å². The molecule has 1 unspecified atom stereocenters. The first-order valence-electron chi connectivity index (χ1n) is 13.3. The third-order valence-corrected chi connectivity index (χ3v) is 9.69. The molecule has 0 bridgehead atoms. The number of pyridine rings is 2. The molecule has 4 heterocycles. The summed E-state index contributed by atoms with van der Waals surface area (Å²) in [4.78, 5) is 27.5. The fourth-order valence-corrected chi connectivity index (χ4v) is 7.42. The number of anilines is 2. The molecular weight excluding hydrogens is 525 g/mol. The SMILES string of the molecule is Cc1ccc(C(Nc2ccc3c(c2)Sc2cccc(-c4cc(N5CCOCC5)cc(=O)[nH]4)c2S3)C(C)C)nc1. The number of nitrogens with zero attached hydrogens (tertiary/aromatic N) is 2. The van der Waals surface area contributed by atoms with Crippen LogP contribution in [0.25, 0.3) is 11.3 Å². The lowest BCUT2D eigenvalue weighted by atomic mass is 9.99. The topological polar surface area (TPSA) is 70.2 Å². The van der Waals surface area contributed by atoms with Crippen LogP contribution in [-0.4, -0.2) is 36.3 Å². The molecule has 0 saturated carbocycles. The second kappa shape index (κ2) is 11.1. The Morgan fingerprint density at radius 2 is 1.82 bits per heavy atom. The van der Waals surface area contributed by atoms with Gasteiger partial charge in [0, 0.05) is 61.9 Å². The summed E-state index contributed by atoms with van der Waals surface area (Å²) in [7, 11) is 0. The third kappa shape index (κ3) is 5.60. The van der Waals surface area contributed by atoms with Crippen LogP contribution < -0.4 is 15.8 Å². The minimum Gasteiger partial charge on any atom is -0.378 e. The Morgan fingerprint density at radius 3 is 2.59 bits per heavy atom. The average Bonchev–Trinajstić information content (AvgIpc) is 2.95. The van der Waals surface area contributed by atoms with Gasteiger partial charge in [0.2, 0.25) is 5.56 Å². The average molecular weight is 557 g/mol. The minimum absolute atomic E-state index is 0.0843. The van der Waals surface area contributed by atoms with Crippen LogP contribution in [0.1, 0.15) is 31.1 Å². The van der Waals surface area contributed by atoms with Gasteiger partial charge in [0.05, 0.1) is 30.6 Å². The first kappa shape index (κ1) is 26.0. The molecule has 2 N–H and O–H groups in total. The molecule has 1 atom stereocenters. The minimum atomic E-state index is -0.0843. The maximum atomic E-state index is 12.6. The number of ether oxygens (including phenoxy) is 1. The number of H-pyrrole nitrogens is 1. The van der Waals surface area contributed by atoms with E-state index < -0.39 is 0 Å². The standard InChI is InChI=1S/C31H32N4O2S2/c1-19(2)30(24-9-7-20(3)18-32-24)33-21-8-10-26-28(15-21)38-27-6-4-5-23(31(27)39-26)25-16-22(17-29(36)34-25)35-11-13-37-14-12-35/h4-10,15-19,30,33H,11-14H2,1-3H3,(H,34,36). The lowest BCUT2D eigenvalue weighted by molar-refractivity contribution is 0.122. The van der Waals surface area contributed by atoms with Crippen molar-refractivity contribution in [3.05, 3.63) is 88.5 Å². The van der Waals surface area contributed by atoms with E-state index in [9.17, 15) is 4.79 Å². The molecule has 2 aromatic carbocycles. The first-order chi connectivity index (χ1) is 18.9. The smallest absolute Gasteiger partial charge is 0.250 e. The lowest BCUT2D eigenvalue weighted by Crippen LogP contribution is -2.36. The van der Waals surface area contributed by atoms with Crippen LogP contribution in [0.4, 0.5) is 11.4 Å². The Kier molecular flexibility index (Phi) is 7.42. The predicted molar refractivity (Wildman–Crippen MR) is 160 cm³/mol. The van der Waals surface area contributed by atoms with Gasteiger partial charge < -0.3 is 19.9 Å². The molecule has 8 heteroatoms. The van der Waals surface area contributed by atoms with Crippen LogP contribution in [0, 0.1) is 12.8 Å². The summed E-state index contributed by atoms with van der Waals surface area (Å²) in [6.45, 7) is 9.46. The Bertz CT molecular complexity index is 1550. The maximum Gasteiger partial charge on any atom is 0.250 e. The van der Waals surface area contributed by atoms with Gasteiger partial charge >= 0.3 is 0 Å². The van der Waals surface area contributed by atoms with Gasteiger partial charge in [-0.05, 0) is 54.8 Å². The molecule has 4 aromatic rings. The zero-order valence-corrected chi connectivity index (χ0v) is 24.0. The van der Waals surface area contributed by atoms with Crippen molar-refractivity contribution >= 4 is 34.9 Å². The summed E-state index contributed by atoms with van der Waals surface area (Å²) in [5, 5.41) is 3.73. The van der Waals surface area contributed by atoms with E-state index >= 15 is 0 Å². The largest absolute Gasteiger partial charge is 0.378 e. The highest BCUT2D eigenvalue weighted by Gasteiger charge is 2.23. The van der Waals surface area contributed by atoms with E-state index in [4.69, 9.17) is 4.74 Å². The number of nitrogens with one attached hydrogen (secondary N) is 2. The zero-order chi connectivity index (χ0) is 26.9. The van der Waals surface area contributed by atoms with Gasteiger partial charge in [-0.15, -0.1) is 0 Å². The van der Waals surface area contributed by atoms with Crippen molar-refractivity contribution in [2.75, 3.05) is 36.5 Å². The van der Waals surface area contributed by atoms with Crippen LogP contribution >= 0.6 is 23.5 Å². The van der Waals surface area contributed by atoms with Crippen molar-refractivity contribution in [3.63, 3.8) is 0 Å². The Morgan fingerprint density at radius 1 is 0.974 bits per heavy atom. The van der Waals surface area contributed by atoms with E-state index in [0.29, 0.717) is 19.1 Å². The summed E-state index contributed by atoms with van der Waals surface area (Å²) in [5.74, 6) is 0.386. The number of rotatable bonds is 6. The fourth-order valence-electron chi connectivity index (χ4n) is 5.01. The predicted octanol–water partition coefficient (Wildman–Crippen LogP) is 7.01. The summed E-state index contributed by atoms with van der Waals surface area (Å²) >= 11 is 3.55. The molecule has 200 valence electrons. The molecule has 0 radical (unpaired) electrons. The van der Waals surface area contributed by atoms with E-state index in [-0.39, 0.29) is 11.6 Å². The van der Waals surface area contributed by atoms with E-state index in [0.717, 1.165) is 41.4 Å². The number of aryl methyl sites for hydroxylation is 1. The van der Waals surface area contributed by atoms with Gasteiger partial charge in [-0.3, -0.25) is 9.78 Å². The molecule has 2 aliphatic heterocycles. The monoisotopic (exact) mass is 556 g/mol. The van der Waals surface area contributed by atoms with Gasteiger partial charge in [0.1, 0.15) is 0 Å². The number of aromatic nitrogens is 2. The fraction of sp³-hybridized carbons (Fsp3) is 0.290. The van der Waals surface area contributed by atoms with E-state index in [1.165, 1.54) is 25.1 Å². The van der Waals surface area contributed by atoms with E-state index in [2.05, 4.69) is 95.6 Å². The van der Waals surface area contributed by atoms with Crippen LogP contribution in [0.15, 0.2) is 91.2 Å². The number of fused-ring (bicyclic) bond motifs is 2. The third-order valence-electron chi connectivity index (χ3n) is 7.09. The molecule has 0 aliphatic carbocycles. The molecule has 0 amide bonds. The Balaban J connectivity index is 1.28. The number of hydrogen-bond acceptors (Lipinski definition) is 7. The molecule has 6 nitrogen and oxygen atoms in total. The molecule has 6 rings (SSSR count). The Hall–Kier alpha value is -3.20. The molecule has 1 saturated heterocycles. The number of aromatic amines is 1. The van der Waals surface area contributed by atoms with Crippen LogP contribution in [0.5, 0.6) is 0 Å². The second-order valence-corrected chi connectivity index (χ2v) is 12.5. The molecule has 1 fully saturated rings. The highest BCUT2D eigenvalue weighted by molar-refractivity contribution is 8.05. The molecule has 0 spiro atoms. The summed E-state index contributed by atoms with van der Waals surface area (Å²) in [6, 6.07) is 21.1. The van der Waals surface area contributed by atoms with Crippen molar-refractivity contribution in [1.29, 1.82) is 0 Å². The summed E-state index contributed by atoms with van der Waals surface area (Å²) < 4.78 is 5.50.